The van der Waals surface area contributed by atoms with Crippen LogP contribution in [-0.4, -0.2) is 37.7 Å². The van der Waals surface area contributed by atoms with Gasteiger partial charge in [-0.2, -0.15) is 9.97 Å². The zero-order valence-electron chi connectivity index (χ0n) is 15.2. The molecule has 28 heavy (non-hydrogen) atoms. The van der Waals surface area contributed by atoms with Gasteiger partial charge in [0.1, 0.15) is 11.4 Å². The van der Waals surface area contributed by atoms with Crippen molar-refractivity contribution in [3.05, 3.63) is 72.7 Å². The topological polar surface area (TPSA) is 93.1 Å². The molecular formula is C21H20N6O. The molecule has 1 aliphatic heterocycles. The molecular weight excluding hydrogens is 352 g/mol. The largest absolute Gasteiger partial charge is 0.383 e. The summed E-state index contributed by atoms with van der Waals surface area (Å²) in [7, 11) is 0. The highest BCUT2D eigenvalue weighted by Gasteiger charge is 2.38. The van der Waals surface area contributed by atoms with Crippen LogP contribution < -0.4 is 10.6 Å². The molecule has 1 aliphatic rings. The predicted octanol–water partition coefficient (Wildman–Crippen LogP) is 2.50. The Kier molecular flexibility index (Phi) is 3.77. The van der Waals surface area contributed by atoms with Crippen LogP contribution in [0.5, 0.6) is 0 Å². The third kappa shape index (κ3) is 2.68. The van der Waals surface area contributed by atoms with Crippen LogP contribution >= 0.6 is 0 Å². The first-order valence-electron chi connectivity index (χ1n) is 9.22. The number of fused-ring (bicyclic) bond motifs is 1. The summed E-state index contributed by atoms with van der Waals surface area (Å²) >= 11 is 0. The molecule has 4 heterocycles. The SMILES string of the molecule is Nc1nc(N2CCC(O)(c3ccccc3)C2)nc2c1ccn2-c1ccncc1. The summed E-state index contributed by atoms with van der Waals surface area (Å²) in [4.78, 5) is 15.3. The fourth-order valence-corrected chi connectivity index (χ4v) is 3.83. The molecule has 1 atom stereocenters. The zero-order valence-corrected chi connectivity index (χ0v) is 15.2. The number of hydrogen-bond acceptors (Lipinski definition) is 6. The third-order valence-corrected chi connectivity index (χ3v) is 5.34. The lowest BCUT2D eigenvalue weighted by molar-refractivity contribution is 0.0606. The highest BCUT2D eigenvalue weighted by Crippen LogP contribution is 2.34. The first-order chi connectivity index (χ1) is 13.6. The van der Waals surface area contributed by atoms with E-state index in [4.69, 9.17) is 10.7 Å². The number of β-amino-alcohol motifs (C(OH)–C–C–N with tert-alkyl or cyclic N) is 1. The number of aromatic nitrogens is 4. The van der Waals surface area contributed by atoms with Crippen LogP contribution in [-0.2, 0) is 5.60 Å². The molecule has 7 nitrogen and oxygen atoms in total. The molecule has 0 bridgehead atoms. The van der Waals surface area contributed by atoms with Gasteiger partial charge in [-0.3, -0.25) is 4.98 Å². The van der Waals surface area contributed by atoms with Crippen molar-refractivity contribution in [3.63, 3.8) is 0 Å². The Labute approximate surface area is 162 Å². The summed E-state index contributed by atoms with van der Waals surface area (Å²) in [6.07, 6.45) is 6.03. The standard InChI is InChI=1S/C21H20N6O/c22-18-17-8-12-27(16-6-10-23-11-7-16)19(17)25-20(24-18)26-13-9-21(28,14-26)15-4-2-1-3-5-15/h1-8,10-12,28H,9,13-14H2,(H2,22,24,25). The molecule has 1 unspecified atom stereocenters. The van der Waals surface area contributed by atoms with E-state index in [1.165, 1.54) is 0 Å². The van der Waals surface area contributed by atoms with Gasteiger partial charge in [-0.25, -0.2) is 0 Å². The van der Waals surface area contributed by atoms with Crippen LogP contribution in [0.25, 0.3) is 16.7 Å². The zero-order chi connectivity index (χ0) is 19.1. The van der Waals surface area contributed by atoms with E-state index in [1.54, 1.807) is 12.4 Å². The summed E-state index contributed by atoms with van der Waals surface area (Å²) in [5.74, 6) is 0.966. The molecule has 0 aliphatic carbocycles. The number of benzene rings is 1. The molecule has 0 spiro atoms. The van der Waals surface area contributed by atoms with Crippen LogP contribution in [0, 0.1) is 0 Å². The molecule has 0 amide bonds. The number of anilines is 2. The number of aliphatic hydroxyl groups is 1. The molecule has 140 valence electrons. The van der Waals surface area contributed by atoms with Gasteiger partial charge in [-0.1, -0.05) is 30.3 Å². The Morgan fingerprint density at radius 2 is 1.79 bits per heavy atom. The minimum absolute atomic E-state index is 0.428. The number of pyridine rings is 1. The van der Waals surface area contributed by atoms with E-state index in [1.807, 2.05) is 64.2 Å². The monoisotopic (exact) mass is 372 g/mol. The molecule has 1 saturated heterocycles. The van der Waals surface area contributed by atoms with Gasteiger partial charge in [-0.15, -0.1) is 0 Å². The second-order valence-corrected chi connectivity index (χ2v) is 7.11. The van der Waals surface area contributed by atoms with Crippen molar-refractivity contribution in [2.75, 3.05) is 23.7 Å². The van der Waals surface area contributed by atoms with Gasteiger partial charge in [-0.05, 0) is 30.2 Å². The van der Waals surface area contributed by atoms with Gasteiger partial charge in [0.2, 0.25) is 5.95 Å². The van der Waals surface area contributed by atoms with Gasteiger partial charge in [0.05, 0.1) is 17.6 Å². The van der Waals surface area contributed by atoms with Gasteiger partial charge in [0, 0.05) is 25.1 Å². The summed E-state index contributed by atoms with van der Waals surface area (Å²) in [6, 6.07) is 15.5. The maximum Gasteiger partial charge on any atom is 0.229 e. The molecule has 1 fully saturated rings. The fraction of sp³-hybridized carbons (Fsp3) is 0.190. The van der Waals surface area contributed by atoms with Crippen molar-refractivity contribution in [2.45, 2.75) is 12.0 Å². The van der Waals surface area contributed by atoms with Crippen molar-refractivity contribution in [3.8, 4) is 5.69 Å². The van der Waals surface area contributed by atoms with Crippen LogP contribution in [0.3, 0.4) is 0 Å². The van der Waals surface area contributed by atoms with E-state index in [-0.39, 0.29) is 0 Å². The molecule has 0 saturated carbocycles. The molecule has 7 heteroatoms. The van der Waals surface area contributed by atoms with E-state index >= 15 is 0 Å². The number of nitrogens with two attached hydrogens (primary N) is 1. The van der Waals surface area contributed by atoms with Crippen LogP contribution in [0.2, 0.25) is 0 Å². The maximum absolute atomic E-state index is 11.1. The molecule has 4 aromatic rings. The van der Waals surface area contributed by atoms with Crippen LogP contribution in [0.15, 0.2) is 67.1 Å². The van der Waals surface area contributed by atoms with Gasteiger partial charge in [0.25, 0.3) is 0 Å². The lowest BCUT2D eigenvalue weighted by Crippen LogP contribution is -2.31. The summed E-state index contributed by atoms with van der Waals surface area (Å²) in [5.41, 5.74) is 7.92. The lowest BCUT2D eigenvalue weighted by Gasteiger charge is -2.24. The maximum atomic E-state index is 11.1. The number of rotatable bonds is 3. The van der Waals surface area contributed by atoms with Gasteiger partial charge in [0.15, 0.2) is 5.65 Å². The first kappa shape index (κ1) is 16.7. The number of nitrogens with zero attached hydrogens (tertiary/aromatic N) is 5. The fourth-order valence-electron chi connectivity index (χ4n) is 3.83. The Bertz CT molecular complexity index is 1130. The second kappa shape index (κ2) is 6.31. The summed E-state index contributed by atoms with van der Waals surface area (Å²) < 4.78 is 1.97. The Hall–Kier alpha value is -3.45. The van der Waals surface area contributed by atoms with Crippen LogP contribution in [0.1, 0.15) is 12.0 Å². The normalized spacial score (nSPS) is 19.4. The summed E-state index contributed by atoms with van der Waals surface area (Å²) in [6.45, 7) is 1.09. The lowest BCUT2D eigenvalue weighted by atomic mass is 9.93. The molecule has 3 N–H and O–H groups in total. The van der Waals surface area contributed by atoms with Crippen molar-refractivity contribution >= 4 is 22.8 Å². The molecule has 0 radical (unpaired) electrons. The quantitative estimate of drug-likeness (QED) is 0.574. The molecule has 3 aromatic heterocycles. The van der Waals surface area contributed by atoms with Crippen LogP contribution in [0.4, 0.5) is 11.8 Å². The molecule has 5 rings (SSSR count). The van der Waals surface area contributed by atoms with Crippen molar-refractivity contribution in [1.82, 2.24) is 19.5 Å². The number of hydrogen-bond donors (Lipinski definition) is 2. The summed E-state index contributed by atoms with van der Waals surface area (Å²) in [5, 5.41) is 11.9. The van der Waals surface area contributed by atoms with E-state index in [9.17, 15) is 5.11 Å². The Morgan fingerprint density at radius 3 is 2.57 bits per heavy atom. The van der Waals surface area contributed by atoms with E-state index < -0.39 is 5.60 Å². The van der Waals surface area contributed by atoms with E-state index in [2.05, 4.69) is 9.97 Å². The minimum Gasteiger partial charge on any atom is -0.383 e. The average Bonchev–Trinajstić information content (AvgIpc) is 3.34. The van der Waals surface area contributed by atoms with Gasteiger partial charge < -0.3 is 20.3 Å². The average molecular weight is 372 g/mol. The van der Waals surface area contributed by atoms with Crippen molar-refractivity contribution < 1.29 is 5.11 Å². The van der Waals surface area contributed by atoms with Gasteiger partial charge >= 0.3 is 0 Å². The Balaban J connectivity index is 1.54. The van der Waals surface area contributed by atoms with Crippen molar-refractivity contribution in [1.29, 1.82) is 0 Å². The number of nitrogen functional groups attached to an aromatic ring is 1. The third-order valence-electron chi connectivity index (χ3n) is 5.34. The highest BCUT2D eigenvalue weighted by atomic mass is 16.3. The molecule has 1 aromatic carbocycles. The minimum atomic E-state index is -0.915. The Morgan fingerprint density at radius 1 is 1.00 bits per heavy atom. The second-order valence-electron chi connectivity index (χ2n) is 7.11. The van der Waals surface area contributed by atoms with E-state index in [0.29, 0.717) is 31.3 Å². The van der Waals surface area contributed by atoms with Crippen molar-refractivity contribution in [2.24, 2.45) is 0 Å². The highest BCUT2D eigenvalue weighted by molar-refractivity contribution is 5.88. The predicted molar refractivity (Wildman–Crippen MR) is 108 cm³/mol. The smallest absolute Gasteiger partial charge is 0.229 e. The van der Waals surface area contributed by atoms with E-state index in [0.717, 1.165) is 22.3 Å². The first-order valence-corrected chi connectivity index (χ1v) is 9.22.